The van der Waals surface area contributed by atoms with Gasteiger partial charge in [-0.3, -0.25) is 4.79 Å². The molecule has 1 aromatic carbocycles. The number of amides is 1. The first-order valence-corrected chi connectivity index (χ1v) is 10.7. The van der Waals surface area contributed by atoms with E-state index in [1.54, 1.807) is 18.2 Å². The van der Waals surface area contributed by atoms with Gasteiger partial charge in [0.15, 0.2) is 0 Å². The number of carbonyl (C=O) groups excluding carboxylic acids is 1. The Kier molecular flexibility index (Phi) is 6.29. The summed E-state index contributed by atoms with van der Waals surface area (Å²) in [7, 11) is -1.55. The summed E-state index contributed by atoms with van der Waals surface area (Å²) in [6.07, 6.45) is 2.55. The van der Waals surface area contributed by atoms with E-state index in [1.807, 2.05) is 13.1 Å². The Labute approximate surface area is 155 Å². The molecular formula is C18H28N4O3S. The van der Waals surface area contributed by atoms with Gasteiger partial charge in [0.25, 0.3) is 0 Å². The molecule has 3 rings (SSSR count). The minimum absolute atomic E-state index is 0.0452. The zero-order valence-corrected chi connectivity index (χ0v) is 16.1. The minimum atomic E-state index is -3.54. The number of carbonyl (C=O) groups is 1. The molecule has 0 bridgehead atoms. The van der Waals surface area contributed by atoms with Crippen LogP contribution in [0.25, 0.3) is 0 Å². The Morgan fingerprint density at radius 1 is 1.23 bits per heavy atom. The second-order valence-electron chi connectivity index (χ2n) is 7.09. The average molecular weight is 381 g/mol. The maximum atomic E-state index is 13.0. The van der Waals surface area contributed by atoms with E-state index in [1.165, 1.54) is 4.31 Å². The zero-order valence-electron chi connectivity index (χ0n) is 15.3. The fourth-order valence-corrected chi connectivity index (χ4v) is 5.13. The Morgan fingerprint density at radius 3 is 2.65 bits per heavy atom. The van der Waals surface area contributed by atoms with Crippen molar-refractivity contribution in [1.29, 1.82) is 0 Å². The van der Waals surface area contributed by atoms with Gasteiger partial charge < -0.3 is 15.5 Å². The van der Waals surface area contributed by atoms with Crippen molar-refractivity contribution in [1.82, 2.24) is 19.8 Å². The van der Waals surface area contributed by atoms with Crippen LogP contribution in [-0.2, 0) is 21.4 Å². The summed E-state index contributed by atoms with van der Waals surface area (Å²) in [5.74, 6) is -0.0452. The van der Waals surface area contributed by atoms with Crippen LogP contribution >= 0.6 is 0 Å². The zero-order chi connectivity index (χ0) is 18.6. The van der Waals surface area contributed by atoms with Crippen molar-refractivity contribution in [2.24, 2.45) is 0 Å². The molecule has 0 aromatic heterocycles. The van der Waals surface area contributed by atoms with Crippen LogP contribution in [0.15, 0.2) is 29.2 Å². The van der Waals surface area contributed by atoms with Gasteiger partial charge in [0.1, 0.15) is 0 Å². The molecule has 8 heteroatoms. The lowest BCUT2D eigenvalue weighted by Gasteiger charge is -2.32. The van der Waals surface area contributed by atoms with Crippen molar-refractivity contribution in [2.75, 3.05) is 39.8 Å². The third-order valence-corrected chi connectivity index (χ3v) is 7.12. The van der Waals surface area contributed by atoms with E-state index in [0.717, 1.165) is 32.5 Å². The summed E-state index contributed by atoms with van der Waals surface area (Å²) in [6, 6.07) is 7.18. The summed E-state index contributed by atoms with van der Waals surface area (Å²) >= 11 is 0. The molecule has 0 radical (unpaired) electrons. The van der Waals surface area contributed by atoms with Crippen LogP contribution in [0.1, 0.15) is 24.8 Å². The molecule has 2 saturated heterocycles. The number of rotatable bonds is 6. The lowest BCUT2D eigenvalue weighted by atomic mass is 10.1. The summed E-state index contributed by atoms with van der Waals surface area (Å²) in [4.78, 5) is 14.6. The van der Waals surface area contributed by atoms with E-state index in [9.17, 15) is 13.2 Å². The molecule has 2 fully saturated rings. The molecule has 1 atom stereocenters. The Balaban J connectivity index is 1.66. The molecule has 144 valence electrons. The molecule has 2 N–H and O–H groups in total. The predicted molar refractivity (Wildman–Crippen MR) is 100 cm³/mol. The highest BCUT2D eigenvalue weighted by molar-refractivity contribution is 7.89. The number of hydrogen-bond donors (Lipinski definition) is 2. The van der Waals surface area contributed by atoms with Crippen molar-refractivity contribution in [3.8, 4) is 0 Å². The smallest absolute Gasteiger partial charge is 0.243 e. The number of nitrogens with one attached hydrogen (secondary N) is 2. The van der Waals surface area contributed by atoms with Crippen LogP contribution in [0.4, 0.5) is 0 Å². The van der Waals surface area contributed by atoms with Gasteiger partial charge in [0, 0.05) is 45.2 Å². The van der Waals surface area contributed by atoms with Gasteiger partial charge in [-0.25, -0.2) is 8.42 Å². The van der Waals surface area contributed by atoms with Crippen LogP contribution in [0, 0.1) is 0 Å². The van der Waals surface area contributed by atoms with E-state index in [2.05, 4.69) is 15.5 Å². The van der Waals surface area contributed by atoms with Gasteiger partial charge in [-0.1, -0.05) is 18.2 Å². The standard InChI is InChI=1S/C18H28N4O3S/c1-21-9-11-22(12-10-21)26(24,25)17-7-3-2-5-15(17)14-20-18(23)13-16-6-4-8-19-16/h2-3,5,7,16,19H,4,6,8-14H2,1H3,(H,20,23). The molecular weight excluding hydrogens is 352 g/mol. The van der Waals surface area contributed by atoms with Gasteiger partial charge in [0.2, 0.25) is 15.9 Å². The molecule has 0 spiro atoms. The first-order chi connectivity index (χ1) is 12.5. The van der Waals surface area contributed by atoms with Crippen LogP contribution in [0.2, 0.25) is 0 Å². The van der Waals surface area contributed by atoms with Crippen LogP contribution in [0.3, 0.4) is 0 Å². The number of hydrogen-bond acceptors (Lipinski definition) is 5. The monoisotopic (exact) mass is 380 g/mol. The molecule has 2 aliphatic heterocycles. The van der Waals surface area contributed by atoms with E-state index >= 15 is 0 Å². The highest BCUT2D eigenvalue weighted by Gasteiger charge is 2.29. The topological polar surface area (TPSA) is 81.8 Å². The SMILES string of the molecule is CN1CCN(S(=O)(=O)c2ccccc2CNC(=O)CC2CCCN2)CC1. The molecule has 1 amide bonds. The molecule has 26 heavy (non-hydrogen) atoms. The minimum Gasteiger partial charge on any atom is -0.352 e. The Hall–Kier alpha value is -1.48. The van der Waals surface area contributed by atoms with Crippen LogP contribution < -0.4 is 10.6 Å². The molecule has 1 unspecified atom stereocenters. The maximum absolute atomic E-state index is 13.0. The van der Waals surface area contributed by atoms with Gasteiger partial charge in [-0.05, 0) is 38.1 Å². The van der Waals surface area contributed by atoms with Gasteiger partial charge in [0.05, 0.1) is 4.90 Å². The summed E-state index contributed by atoms with van der Waals surface area (Å²) in [5, 5.41) is 6.18. The molecule has 2 aliphatic rings. The highest BCUT2D eigenvalue weighted by atomic mass is 32.2. The summed E-state index contributed by atoms with van der Waals surface area (Å²) in [5.41, 5.74) is 0.638. The maximum Gasteiger partial charge on any atom is 0.243 e. The van der Waals surface area contributed by atoms with Crippen molar-refractivity contribution in [3.05, 3.63) is 29.8 Å². The largest absolute Gasteiger partial charge is 0.352 e. The summed E-state index contributed by atoms with van der Waals surface area (Å²) < 4.78 is 27.6. The molecule has 1 aromatic rings. The third kappa shape index (κ3) is 4.62. The van der Waals surface area contributed by atoms with Gasteiger partial charge in [-0.15, -0.1) is 0 Å². The number of benzene rings is 1. The predicted octanol–water partition coefficient (Wildman–Crippen LogP) is 0.381. The van der Waals surface area contributed by atoms with Crippen molar-refractivity contribution in [2.45, 2.75) is 36.7 Å². The van der Waals surface area contributed by atoms with Crippen molar-refractivity contribution >= 4 is 15.9 Å². The molecule has 0 saturated carbocycles. The van der Waals surface area contributed by atoms with E-state index in [4.69, 9.17) is 0 Å². The number of sulfonamides is 1. The highest BCUT2D eigenvalue weighted by Crippen LogP contribution is 2.21. The number of likely N-dealkylation sites (N-methyl/N-ethyl adjacent to an activating group) is 1. The number of piperazine rings is 1. The van der Waals surface area contributed by atoms with Gasteiger partial charge >= 0.3 is 0 Å². The Morgan fingerprint density at radius 2 is 1.96 bits per heavy atom. The average Bonchev–Trinajstić information content (AvgIpc) is 3.13. The van der Waals surface area contributed by atoms with Crippen LogP contribution in [0.5, 0.6) is 0 Å². The first kappa shape index (κ1) is 19.3. The lowest BCUT2D eigenvalue weighted by Crippen LogP contribution is -2.47. The number of nitrogens with zero attached hydrogens (tertiary/aromatic N) is 2. The van der Waals surface area contributed by atoms with Crippen molar-refractivity contribution < 1.29 is 13.2 Å². The van der Waals surface area contributed by atoms with Crippen LogP contribution in [-0.4, -0.2) is 69.3 Å². The first-order valence-electron chi connectivity index (χ1n) is 9.23. The lowest BCUT2D eigenvalue weighted by molar-refractivity contribution is -0.121. The van der Waals surface area contributed by atoms with E-state index < -0.39 is 10.0 Å². The van der Waals surface area contributed by atoms with E-state index in [0.29, 0.717) is 30.0 Å². The second kappa shape index (κ2) is 8.47. The quantitative estimate of drug-likeness (QED) is 0.746. The van der Waals surface area contributed by atoms with Gasteiger partial charge in [-0.2, -0.15) is 4.31 Å². The van der Waals surface area contributed by atoms with Crippen molar-refractivity contribution in [3.63, 3.8) is 0 Å². The molecule has 7 nitrogen and oxygen atoms in total. The Bertz CT molecular complexity index is 724. The summed E-state index contributed by atoms with van der Waals surface area (Å²) in [6.45, 7) is 3.64. The fourth-order valence-electron chi connectivity index (χ4n) is 3.49. The normalized spacial score (nSPS) is 22.4. The third-order valence-electron chi connectivity index (χ3n) is 5.12. The second-order valence-corrected chi connectivity index (χ2v) is 9.00. The van der Waals surface area contributed by atoms with E-state index in [-0.39, 0.29) is 18.5 Å². The molecule has 2 heterocycles. The fraction of sp³-hybridized carbons (Fsp3) is 0.611. The molecule has 0 aliphatic carbocycles.